The number of H-pyrrole nitrogens is 1. The number of ether oxygens (including phenoxy) is 2. The third-order valence-corrected chi connectivity index (χ3v) is 4.30. The summed E-state index contributed by atoms with van der Waals surface area (Å²) in [5.74, 6) is 1.30. The summed E-state index contributed by atoms with van der Waals surface area (Å²) in [5.41, 5.74) is 1.67. The first-order valence-corrected chi connectivity index (χ1v) is 6.92. The molecule has 0 radical (unpaired) electrons. The van der Waals surface area contributed by atoms with E-state index in [1.165, 1.54) is 18.1 Å². The number of thioether (sulfide) groups is 1. The van der Waals surface area contributed by atoms with E-state index in [2.05, 4.69) is 15.2 Å². The van der Waals surface area contributed by atoms with E-state index in [4.69, 9.17) is 9.47 Å². The highest BCUT2D eigenvalue weighted by atomic mass is 32.2. The normalized spacial score (nSPS) is 17.1. The number of methoxy groups -OCH3 is 2. The van der Waals surface area contributed by atoms with E-state index in [0.29, 0.717) is 28.6 Å². The lowest BCUT2D eigenvalue weighted by Gasteiger charge is -2.09. The van der Waals surface area contributed by atoms with Gasteiger partial charge in [0.2, 0.25) is 0 Å². The quantitative estimate of drug-likeness (QED) is 0.924. The standard InChI is InChI=1S/C13H13N3O3S/c1-18-9-3-7-4-11(20-13-14-6-15-16-13)12(17)8(7)5-10(9)19-2/h3,5-6,11H,4H2,1-2H3,(H,14,15,16)/t11-/m1/s1. The average molecular weight is 291 g/mol. The van der Waals surface area contributed by atoms with Crippen LogP contribution < -0.4 is 9.47 Å². The lowest BCUT2D eigenvalue weighted by Crippen LogP contribution is -2.11. The number of hydrogen-bond acceptors (Lipinski definition) is 6. The largest absolute Gasteiger partial charge is 0.493 e. The summed E-state index contributed by atoms with van der Waals surface area (Å²) < 4.78 is 10.5. The maximum absolute atomic E-state index is 12.4. The van der Waals surface area contributed by atoms with E-state index in [1.807, 2.05) is 6.07 Å². The van der Waals surface area contributed by atoms with Crippen molar-refractivity contribution in [2.24, 2.45) is 0 Å². The molecule has 1 aliphatic carbocycles. The number of aromatic amines is 1. The number of nitrogens with one attached hydrogen (secondary N) is 1. The minimum atomic E-state index is -0.185. The van der Waals surface area contributed by atoms with Gasteiger partial charge in [-0.2, -0.15) is 5.10 Å². The molecule has 1 heterocycles. The summed E-state index contributed by atoms with van der Waals surface area (Å²) in [7, 11) is 3.15. The van der Waals surface area contributed by atoms with Gasteiger partial charge in [0, 0.05) is 5.56 Å². The van der Waals surface area contributed by atoms with Crippen LogP contribution in [0.1, 0.15) is 15.9 Å². The van der Waals surface area contributed by atoms with Crippen LogP contribution in [0.3, 0.4) is 0 Å². The van der Waals surface area contributed by atoms with E-state index < -0.39 is 0 Å². The number of carbonyl (C=O) groups is 1. The van der Waals surface area contributed by atoms with Gasteiger partial charge in [-0.25, -0.2) is 4.98 Å². The van der Waals surface area contributed by atoms with Crippen LogP contribution in [0.15, 0.2) is 23.6 Å². The molecule has 0 saturated carbocycles. The Morgan fingerprint density at radius 3 is 2.70 bits per heavy atom. The van der Waals surface area contributed by atoms with Crippen molar-refractivity contribution in [3.8, 4) is 11.5 Å². The first-order chi connectivity index (χ1) is 9.72. The second-order valence-corrected chi connectivity index (χ2v) is 5.52. The van der Waals surface area contributed by atoms with Crippen LogP contribution in [0, 0.1) is 0 Å². The van der Waals surface area contributed by atoms with E-state index in [-0.39, 0.29) is 11.0 Å². The summed E-state index contributed by atoms with van der Waals surface area (Å²) >= 11 is 1.39. The van der Waals surface area contributed by atoms with E-state index >= 15 is 0 Å². The molecule has 2 aromatic rings. The molecule has 1 N–H and O–H groups in total. The van der Waals surface area contributed by atoms with Crippen LogP contribution >= 0.6 is 11.8 Å². The fourth-order valence-corrected chi connectivity index (χ4v) is 3.25. The molecule has 0 fully saturated rings. The molecule has 104 valence electrons. The molecule has 1 aliphatic rings. The molecule has 6 nitrogen and oxygen atoms in total. The van der Waals surface area contributed by atoms with Gasteiger partial charge in [0.25, 0.3) is 0 Å². The Morgan fingerprint density at radius 1 is 1.30 bits per heavy atom. The van der Waals surface area contributed by atoms with Gasteiger partial charge in [-0.3, -0.25) is 9.89 Å². The summed E-state index contributed by atoms with van der Waals surface area (Å²) in [6.45, 7) is 0. The van der Waals surface area contributed by atoms with Crippen molar-refractivity contribution in [1.29, 1.82) is 0 Å². The number of carbonyl (C=O) groups excluding carboxylic acids is 1. The van der Waals surface area contributed by atoms with Gasteiger partial charge in [-0.15, -0.1) is 0 Å². The SMILES string of the molecule is COc1cc2c(cc1OC)C(=O)[C@H](Sc1ncn[nH]1)C2. The van der Waals surface area contributed by atoms with Crippen LogP contribution in [-0.4, -0.2) is 40.4 Å². The first kappa shape index (κ1) is 13.0. The van der Waals surface area contributed by atoms with Crippen LogP contribution in [0.25, 0.3) is 0 Å². The molecule has 0 unspecified atom stereocenters. The summed E-state index contributed by atoms with van der Waals surface area (Å²) in [5, 5.41) is 7.00. The predicted molar refractivity (Wildman–Crippen MR) is 73.6 cm³/mol. The second-order valence-electron chi connectivity index (χ2n) is 4.33. The molecule has 0 amide bonds. The van der Waals surface area contributed by atoms with Crippen molar-refractivity contribution < 1.29 is 14.3 Å². The highest BCUT2D eigenvalue weighted by Crippen LogP contribution is 2.38. The van der Waals surface area contributed by atoms with Gasteiger partial charge < -0.3 is 9.47 Å². The fourth-order valence-electron chi connectivity index (χ4n) is 2.27. The number of Topliss-reactive ketones (excluding diaryl/α,β-unsaturated/α-hetero) is 1. The van der Waals surface area contributed by atoms with Crippen molar-refractivity contribution in [2.75, 3.05) is 14.2 Å². The molecule has 1 atom stereocenters. The van der Waals surface area contributed by atoms with Gasteiger partial charge in [0.15, 0.2) is 22.4 Å². The first-order valence-electron chi connectivity index (χ1n) is 6.04. The smallest absolute Gasteiger partial charge is 0.184 e. The van der Waals surface area contributed by atoms with Crippen molar-refractivity contribution in [2.45, 2.75) is 16.8 Å². The summed E-state index contributed by atoms with van der Waals surface area (Å²) in [6.07, 6.45) is 2.08. The summed E-state index contributed by atoms with van der Waals surface area (Å²) in [6, 6.07) is 3.62. The minimum absolute atomic E-state index is 0.0855. The third-order valence-electron chi connectivity index (χ3n) is 3.22. The molecule has 0 saturated heterocycles. The highest BCUT2D eigenvalue weighted by Gasteiger charge is 2.33. The van der Waals surface area contributed by atoms with Crippen LogP contribution in [0.5, 0.6) is 11.5 Å². The minimum Gasteiger partial charge on any atom is -0.493 e. The molecule has 3 rings (SSSR count). The highest BCUT2D eigenvalue weighted by molar-refractivity contribution is 8.00. The Hall–Kier alpha value is -2.02. The maximum Gasteiger partial charge on any atom is 0.184 e. The Bertz CT molecular complexity index is 643. The topological polar surface area (TPSA) is 77.1 Å². The maximum atomic E-state index is 12.4. The molecule has 7 heteroatoms. The zero-order chi connectivity index (χ0) is 14.1. The van der Waals surface area contributed by atoms with E-state index in [0.717, 1.165) is 5.56 Å². The molecular weight excluding hydrogens is 278 g/mol. The lowest BCUT2D eigenvalue weighted by molar-refractivity contribution is 0.1000. The van der Waals surface area contributed by atoms with Crippen molar-refractivity contribution in [3.05, 3.63) is 29.6 Å². The van der Waals surface area contributed by atoms with Gasteiger partial charge in [-0.05, 0) is 24.1 Å². The fraction of sp³-hybridized carbons (Fsp3) is 0.308. The molecule has 1 aromatic carbocycles. The van der Waals surface area contributed by atoms with Crippen LogP contribution in [0.4, 0.5) is 0 Å². The number of fused-ring (bicyclic) bond motifs is 1. The number of nitrogens with zero attached hydrogens (tertiary/aromatic N) is 2. The molecular formula is C13H13N3O3S. The summed E-state index contributed by atoms with van der Waals surface area (Å²) in [4.78, 5) is 16.5. The Morgan fingerprint density at radius 2 is 2.05 bits per heavy atom. The van der Waals surface area contributed by atoms with Gasteiger partial charge in [0.05, 0.1) is 19.5 Å². The van der Waals surface area contributed by atoms with Gasteiger partial charge >= 0.3 is 0 Å². The number of ketones is 1. The van der Waals surface area contributed by atoms with Crippen LogP contribution in [0.2, 0.25) is 0 Å². The van der Waals surface area contributed by atoms with Crippen LogP contribution in [-0.2, 0) is 6.42 Å². The zero-order valence-corrected chi connectivity index (χ0v) is 11.9. The molecule has 20 heavy (non-hydrogen) atoms. The predicted octanol–water partition coefficient (Wildman–Crippen LogP) is 1.72. The number of benzene rings is 1. The number of hydrogen-bond donors (Lipinski definition) is 1. The van der Waals surface area contributed by atoms with Crippen molar-refractivity contribution >= 4 is 17.5 Å². The second kappa shape index (κ2) is 5.16. The lowest BCUT2D eigenvalue weighted by atomic mass is 10.1. The van der Waals surface area contributed by atoms with E-state index in [9.17, 15) is 4.79 Å². The van der Waals surface area contributed by atoms with Crippen molar-refractivity contribution in [1.82, 2.24) is 15.2 Å². The Kier molecular flexibility index (Phi) is 3.35. The third kappa shape index (κ3) is 2.14. The Balaban J connectivity index is 1.90. The van der Waals surface area contributed by atoms with Gasteiger partial charge in [-0.1, -0.05) is 11.8 Å². The number of rotatable bonds is 4. The van der Waals surface area contributed by atoms with Gasteiger partial charge in [0.1, 0.15) is 6.33 Å². The van der Waals surface area contributed by atoms with Crippen molar-refractivity contribution in [3.63, 3.8) is 0 Å². The molecule has 0 aliphatic heterocycles. The molecule has 1 aromatic heterocycles. The Labute approximate surface area is 119 Å². The monoisotopic (exact) mass is 291 g/mol. The van der Waals surface area contributed by atoms with E-state index in [1.54, 1.807) is 20.3 Å². The molecule has 0 bridgehead atoms. The molecule has 0 spiro atoms. The average Bonchev–Trinajstić information content (AvgIpc) is 3.07. The number of aromatic nitrogens is 3. The zero-order valence-electron chi connectivity index (χ0n) is 11.0.